The highest BCUT2D eigenvalue weighted by Gasteiger charge is 2.25. The van der Waals surface area contributed by atoms with E-state index in [0.717, 1.165) is 11.1 Å². The number of aliphatic hydroxyl groups excluding tert-OH is 2. The zero-order valence-corrected chi connectivity index (χ0v) is 21.5. The van der Waals surface area contributed by atoms with E-state index in [0.29, 0.717) is 22.8 Å². The third-order valence-corrected chi connectivity index (χ3v) is 5.87. The Morgan fingerprint density at radius 1 is 0.921 bits per heavy atom. The number of ketones is 1. The number of carbonyl (C=O) groups is 3. The van der Waals surface area contributed by atoms with Crippen LogP contribution in [0.5, 0.6) is 0 Å². The number of rotatable bonds is 10. The molecule has 0 saturated carbocycles. The molecule has 0 saturated heterocycles. The molecule has 3 aromatic rings. The zero-order chi connectivity index (χ0) is 27.5. The van der Waals surface area contributed by atoms with Crippen molar-refractivity contribution in [3.05, 3.63) is 100 Å². The Bertz CT molecular complexity index is 1330. The van der Waals surface area contributed by atoms with Gasteiger partial charge in [-0.1, -0.05) is 41.6 Å². The third kappa shape index (κ3) is 8.54. The normalized spacial score (nSPS) is 12.0. The first kappa shape index (κ1) is 28.6. The molecule has 0 aromatic heterocycles. The smallest absolute Gasteiger partial charge is 0.251 e. The van der Waals surface area contributed by atoms with E-state index in [4.69, 9.17) is 16.7 Å². The summed E-state index contributed by atoms with van der Waals surface area (Å²) in [5.74, 6) is 4.63. The quantitative estimate of drug-likeness (QED) is 0.255. The molecule has 5 N–H and O–H groups in total. The average molecular weight is 534 g/mol. The van der Waals surface area contributed by atoms with Crippen molar-refractivity contribution in [1.82, 2.24) is 10.6 Å². The van der Waals surface area contributed by atoms with Crippen LogP contribution >= 0.6 is 11.6 Å². The van der Waals surface area contributed by atoms with Gasteiger partial charge in [0, 0.05) is 33.9 Å². The minimum atomic E-state index is -1.19. The zero-order valence-electron chi connectivity index (χ0n) is 20.7. The van der Waals surface area contributed by atoms with Gasteiger partial charge in [0.15, 0.2) is 5.78 Å². The van der Waals surface area contributed by atoms with Gasteiger partial charge in [0.25, 0.3) is 5.91 Å². The molecule has 8 nitrogen and oxygen atoms in total. The summed E-state index contributed by atoms with van der Waals surface area (Å²) in [6.07, 6.45) is -1.14. The Kier molecular flexibility index (Phi) is 10.6. The fourth-order valence-corrected chi connectivity index (χ4v) is 3.64. The molecule has 3 aromatic carbocycles. The van der Waals surface area contributed by atoms with E-state index in [2.05, 4.69) is 27.8 Å². The highest BCUT2D eigenvalue weighted by molar-refractivity contribution is 6.31. The van der Waals surface area contributed by atoms with Crippen molar-refractivity contribution in [3.8, 4) is 11.8 Å². The lowest BCUT2D eigenvalue weighted by Gasteiger charge is -2.19. The predicted octanol–water partition coefficient (Wildman–Crippen LogP) is 2.51. The largest absolute Gasteiger partial charge is 0.391 e. The first-order valence-corrected chi connectivity index (χ1v) is 12.2. The van der Waals surface area contributed by atoms with E-state index < -0.39 is 30.4 Å². The molecule has 0 aliphatic heterocycles. The number of nitrogens with one attached hydrogen (secondary N) is 3. The molecule has 38 heavy (non-hydrogen) atoms. The van der Waals surface area contributed by atoms with Crippen LogP contribution in [0.15, 0.2) is 72.8 Å². The summed E-state index contributed by atoms with van der Waals surface area (Å²) >= 11 is 6.12. The van der Waals surface area contributed by atoms with Crippen LogP contribution in [0.4, 0.5) is 5.69 Å². The maximum Gasteiger partial charge on any atom is 0.251 e. The predicted molar refractivity (Wildman–Crippen MR) is 146 cm³/mol. The molecular formula is C29H28ClN3O5. The van der Waals surface area contributed by atoms with Gasteiger partial charge < -0.3 is 26.2 Å². The van der Waals surface area contributed by atoms with Crippen LogP contribution in [0.25, 0.3) is 0 Å². The highest BCUT2D eigenvalue weighted by atomic mass is 35.5. The first-order chi connectivity index (χ1) is 18.3. The van der Waals surface area contributed by atoms with E-state index in [-0.39, 0.29) is 18.0 Å². The lowest BCUT2D eigenvalue weighted by Crippen LogP contribution is -2.48. The standard InChI is InChI=1S/C29H28ClN3O5/c1-19(35)28(26(36)18-34)33-29(38)22-12-8-20(9-13-22)6-7-21-10-14-24(15-11-21)32-27(37)17-31-16-23-4-2-3-5-25(23)30/h2-5,8-15,19,28,31,34-35H,16-18H2,1H3,(H,32,37)(H,33,38)/t19-,28+/m1/s1. The fourth-order valence-electron chi connectivity index (χ4n) is 3.44. The Hall–Kier alpha value is -4.00. The topological polar surface area (TPSA) is 128 Å². The van der Waals surface area contributed by atoms with Gasteiger partial charge in [-0.05, 0) is 67.1 Å². The fraction of sp³-hybridized carbons (Fsp3) is 0.207. The van der Waals surface area contributed by atoms with Gasteiger partial charge >= 0.3 is 0 Å². The number of halogens is 1. The summed E-state index contributed by atoms with van der Waals surface area (Å²) in [4.78, 5) is 36.3. The first-order valence-electron chi connectivity index (χ1n) is 11.9. The Balaban J connectivity index is 1.51. The SMILES string of the molecule is C[C@@H](O)[C@H](NC(=O)c1ccc(C#Cc2ccc(NC(=O)CNCc3ccccc3Cl)cc2)cc1)C(=O)CO. The second-order valence-electron chi connectivity index (χ2n) is 8.46. The van der Waals surface area contributed by atoms with Crippen molar-refractivity contribution >= 4 is 34.9 Å². The summed E-state index contributed by atoms with van der Waals surface area (Å²) in [5.41, 5.74) is 3.26. The number of aliphatic hydroxyl groups is 2. The minimum Gasteiger partial charge on any atom is -0.391 e. The van der Waals surface area contributed by atoms with Crippen LogP contribution in [0.2, 0.25) is 5.02 Å². The second kappa shape index (κ2) is 14.1. The van der Waals surface area contributed by atoms with E-state index >= 15 is 0 Å². The summed E-state index contributed by atoms with van der Waals surface area (Å²) in [5, 5.41) is 27.6. The number of amides is 2. The van der Waals surface area contributed by atoms with Crippen molar-refractivity contribution < 1.29 is 24.6 Å². The Labute approximate surface area is 226 Å². The molecule has 2 amide bonds. The van der Waals surface area contributed by atoms with Crippen LogP contribution in [0.3, 0.4) is 0 Å². The molecular weight excluding hydrogens is 506 g/mol. The maximum absolute atomic E-state index is 12.4. The Morgan fingerprint density at radius 3 is 2.11 bits per heavy atom. The molecule has 0 spiro atoms. The van der Waals surface area contributed by atoms with E-state index in [1.54, 1.807) is 54.6 Å². The lowest BCUT2D eigenvalue weighted by atomic mass is 10.1. The summed E-state index contributed by atoms with van der Waals surface area (Å²) in [7, 11) is 0. The maximum atomic E-state index is 12.4. The summed E-state index contributed by atoms with van der Waals surface area (Å²) < 4.78 is 0. The summed E-state index contributed by atoms with van der Waals surface area (Å²) in [6, 6.07) is 19.8. The Morgan fingerprint density at radius 2 is 1.53 bits per heavy atom. The second-order valence-corrected chi connectivity index (χ2v) is 8.87. The van der Waals surface area contributed by atoms with Gasteiger partial charge in [0.1, 0.15) is 12.6 Å². The molecule has 0 aliphatic carbocycles. The molecule has 2 atom stereocenters. The van der Waals surface area contributed by atoms with Gasteiger partial charge in [-0.2, -0.15) is 0 Å². The van der Waals surface area contributed by atoms with Gasteiger partial charge in [0.05, 0.1) is 12.6 Å². The van der Waals surface area contributed by atoms with Crippen molar-refractivity contribution in [1.29, 1.82) is 0 Å². The molecule has 0 bridgehead atoms. The number of anilines is 1. The highest BCUT2D eigenvalue weighted by Crippen LogP contribution is 2.14. The lowest BCUT2D eigenvalue weighted by molar-refractivity contribution is -0.125. The van der Waals surface area contributed by atoms with Crippen molar-refractivity contribution in [2.75, 3.05) is 18.5 Å². The van der Waals surface area contributed by atoms with Crippen LogP contribution in [-0.4, -0.2) is 53.1 Å². The van der Waals surface area contributed by atoms with E-state index in [1.165, 1.54) is 6.92 Å². The molecule has 0 radical (unpaired) electrons. The molecule has 0 heterocycles. The van der Waals surface area contributed by atoms with Crippen molar-refractivity contribution in [2.45, 2.75) is 25.6 Å². The molecule has 0 unspecified atom stereocenters. The van der Waals surface area contributed by atoms with E-state index in [9.17, 15) is 19.5 Å². The number of hydrogen-bond donors (Lipinski definition) is 5. The van der Waals surface area contributed by atoms with Gasteiger partial charge in [-0.25, -0.2) is 0 Å². The molecule has 0 aliphatic rings. The van der Waals surface area contributed by atoms with Gasteiger partial charge in [0.2, 0.25) is 5.91 Å². The molecule has 3 rings (SSSR count). The molecule has 0 fully saturated rings. The van der Waals surface area contributed by atoms with Crippen LogP contribution in [0.1, 0.15) is 34.0 Å². The molecule has 9 heteroatoms. The van der Waals surface area contributed by atoms with Crippen LogP contribution in [0, 0.1) is 11.8 Å². The number of benzene rings is 3. The van der Waals surface area contributed by atoms with Crippen molar-refractivity contribution in [2.24, 2.45) is 0 Å². The van der Waals surface area contributed by atoms with E-state index in [1.807, 2.05) is 18.2 Å². The number of Topliss-reactive ketones (excluding diaryl/α,β-unsaturated/α-hetero) is 1. The molecule has 196 valence electrons. The van der Waals surface area contributed by atoms with Crippen LogP contribution in [-0.2, 0) is 16.1 Å². The number of hydrogen-bond acceptors (Lipinski definition) is 6. The number of carbonyl (C=O) groups excluding carboxylic acids is 3. The van der Waals surface area contributed by atoms with Gasteiger partial charge in [-0.15, -0.1) is 0 Å². The van der Waals surface area contributed by atoms with Crippen molar-refractivity contribution in [3.63, 3.8) is 0 Å². The third-order valence-electron chi connectivity index (χ3n) is 5.50. The van der Waals surface area contributed by atoms with Crippen LogP contribution < -0.4 is 16.0 Å². The average Bonchev–Trinajstić information content (AvgIpc) is 2.92. The monoisotopic (exact) mass is 533 g/mol. The summed E-state index contributed by atoms with van der Waals surface area (Å²) in [6.45, 7) is 1.20. The minimum absolute atomic E-state index is 0.137. The van der Waals surface area contributed by atoms with Gasteiger partial charge in [-0.3, -0.25) is 14.4 Å².